The Labute approximate surface area is 211 Å². The average molecular weight is 491 g/mol. The van der Waals surface area contributed by atoms with Crippen LogP contribution in [0.2, 0.25) is 0 Å². The highest BCUT2D eigenvalue weighted by molar-refractivity contribution is 5.69. The van der Waals surface area contributed by atoms with E-state index < -0.39 is 0 Å². The van der Waals surface area contributed by atoms with Crippen LogP contribution in [-0.4, -0.2) is 37.2 Å². The number of hydrogen-bond donors (Lipinski definition) is 0. The number of carbonyl (C=O) groups excluding carboxylic acids is 3. The smallest absolute Gasteiger partial charge is 0.305 e. The van der Waals surface area contributed by atoms with Crippen LogP contribution in [0.15, 0.2) is 0 Å². The van der Waals surface area contributed by atoms with Crippen LogP contribution in [0.4, 0.5) is 0 Å². The lowest BCUT2D eigenvalue weighted by atomic mass is 9.43. The Kier molecular flexibility index (Phi) is 7.60. The molecule has 0 aromatic rings. The van der Waals surface area contributed by atoms with E-state index in [0.717, 1.165) is 38.5 Å². The van der Waals surface area contributed by atoms with Crippen LogP contribution >= 0.6 is 0 Å². The SMILES string of the molecule is COC(=O)CC[C@H](C)[C@H]1CC[C@@H]2[C@H]3CC[C@@H]4C[C@H](OC(C)=O)CC[C@]4(C)[C@@H]3C[C@H](OC(C)=O)[C@@]21C. The van der Waals surface area contributed by atoms with E-state index in [0.29, 0.717) is 41.9 Å². The lowest BCUT2D eigenvalue weighted by Crippen LogP contribution is -2.59. The van der Waals surface area contributed by atoms with Crippen molar-refractivity contribution in [2.45, 2.75) is 111 Å². The van der Waals surface area contributed by atoms with E-state index in [2.05, 4.69) is 20.8 Å². The second-order valence-electron chi connectivity index (χ2n) is 12.6. The van der Waals surface area contributed by atoms with Crippen molar-refractivity contribution in [1.29, 1.82) is 0 Å². The maximum absolute atomic E-state index is 12.3. The number of carbonyl (C=O) groups is 3. The molecule has 4 aliphatic carbocycles. The number of rotatable bonds is 6. The topological polar surface area (TPSA) is 78.9 Å². The number of hydrogen-bond acceptors (Lipinski definition) is 6. The molecule has 0 radical (unpaired) electrons. The highest BCUT2D eigenvalue weighted by atomic mass is 16.5. The Morgan fingerprint density at radius 1 is 0.914 bits per heavy atom. The van der Waals surface area contributed by atoms with Crippen molar-refractivity contribution in [2.75, 3.05) is 7.11 Å². The molecule has 0 aliphatic heterocycles. The summed E-state index contributed by atoms with van der Waals surface area (Å²) in [6, 6.07) is 0. The fraction of sp³-hybridized carbons (Fsp3) is 0.897. The van der Waals surface area contributed by atoms with E-state index in [-0.39, 0.29) is 40.9 Å². The van der Waals surface area contributed by atoms with Crippen molar-refractivity contribution in [2.24, 2.45) is 46.3 Å². The fourth-order valence-electron chi connectivity index (χ4n) is 9.48. The van der Waals surface area contributed by atoms with Gasteiger partial charge in [0.2, 0.25) is 0 Å². The Balaban J connectivity index is 1.58. The second-order valence-corrected chi connectivity index (χ2v) is 12.6. The number of esters is 3. The molecule has 0 heterocycles. The van der Waals surface area contributed by atoms with Gasteiger partial charge in [-0.1, -0.05) is 20.8 Å². The molecule has 6 heteroatoms. The van der Waals surface area contributed by atoms with Gasteiger partial charge in [0, 0.05) is 25.7 Å². The van der Waals surface area contributed by atoms with E-state index >= 15 is 0 Å². The summed E-state index contributed by atoms with van der Waals surface area (Å²) >= 11 is 0. The third kappa shape index (κ3) is 4.75. The lowest BCUT2D eigenvalue weighted by molar-refractivity contribution is -0.197. The minimum absolute atomic E-state index is 0.0479. The van der Waals surface area contributed by atoms with Gasteiger partial charge < -0.3 is 14.2 Å². The van der Waals surface area contributed by atoms with Crippen molar-refractivity contribution in [1.82, 2.24) is 0 Å². The van der Waals surface area contributed by atoms with E-state index in [4.69, 9.17) is 14.2 Å². The minimum Gasteiger partial charge on any atom is -0.469 e. The zero-order valence-corrected chi connectivity index (χ0v) is 22.6. The first-order valence-corrected chi connectivity index (χ1v) is 13.9. The van der Waals surface area contributed by atoms with Gasteiger partial charge in [-0.15, -0.1) is 0 Å². The Hall–Kier alpha value is -1.59. The van der Waals surface area contributed by atoms with Crippen LogP contribution in [0.25, 0.3) is 0 Å². The molecule has 0 bridgehead atoms. The molecule has 35 heavy (non-hydrogen) atoms. The van der Waals surface area contributed by atoms with E-state index in [9.17, 15) is 14.4 Å². The fourth-order valence-corrected chi connectivity index (χ4v) is 9.48. The standard InChI is InChI=1S/C29H46O6/c1-17(7-12-27(32)33-6)23-10-11-24-22-9-8-20-15-21(34-18(2)30)13-14-28(20,4)25(22)16-26(29(23,24)5)35-19(3)31/h17,20-26H,7-16H2,1-6H3/t17-,20+,21+,22+,23+,24+,25+,26-,28-,29+/m0/s1. The Morgan fingerprint density at radius 3 is 2.29 bits per heavy atom. The van der Waals surface area contributed by atoms with Gasteiger partial charge >= 0.3 is 17.9 Å². The van der Waals surface area contributed by atoms with E-state index in [1.165, 1.54) is 33.3 Å². The maximum atomic E-state index is 12.3. The van der Waals surface area contributed by atoms with Gasteiger partial charge in [0.15, 0.2) is 0 Å². The summed E-state index contributed by atoms with van der Waals surface area (Å²) in [5, 5.41) is 0. The number of ether oxygens (including phenoxy) is 3. The van der Waals surface area contributed by atoms with Gasteiger partial charge in [-0.05, 0) is 98.7 Å². The molecule has 0 amide bonds. The molecular weight excluding hydrogens is 444 g/mol. The first-order valence-electron chi connectivity index (χ1n) is 13.9. The Morgan fingerprint density at radius 2 is 1.63 bits per heavy atom. The molecule has 4 saturated carbocycles. The summed E-state index contributed by atoms with van der Waals surface area (Å²) in [5.41, 5.74) is 0.147. The molecule has 0 aromatic heterocycles. The summed E-state index contributed by atoms with van der Waals surface area (Å²) in [4.78, 5) is 35.7. The zero-order chi connectivity index (χ0) is 25.5. The molecule has 0 unspecified atom stereocenters. The van der Waals surface area contributed by atoms with Gasteiger partial charge in [0.25, 0.3) is 0 Å². The van der Waals surface area contributed by atoms with Gasteiger partial charge in [0.1, 0.15) is 12.2 Å². The highest BCUT2D eigenvalue weighted by Gasteiger charge is 2.65. The van der Waals surface area contributed by atoms with Gasteiger partial charge in [-0.3, -0.25) is 14.4 Å². The van der Waals surface area contributed by atoms with Gasteiger partial charge in [-0.25, -0.2) is 0 Å². The molecule has 4 aliphatic rings. The molecule has 4 rings (SSSR count). The molecule has 0 aromatic carbocycles. The Bertz CT molecular complexity index is 824. The van der Waals surface area contributed by atoms with Crippen LogP contribution in [-0.2, 0) is 28.6 Å². The number of fused-ring (bicyclic) bond motifs is 5. The van der Waals surface area contributed by atoms with Crippen molar-refractivity contribution >= 4 is 17.9 Å². The van der Waals surface area contributed by atoms with E-state index in [1.54, 1.807) is 6.92 Å². The van der Waals surface area contributed by atoms with Crippen molar-refractivity contribution in [3.63, 3.8) is 0 Å². The summed E-state index contributed by atoms with van der Waals surface area (Å²) in [5.74, 6) is 2.60. The van der Waals surface area contributed by atoms with Crippen molar-refractivity contribution in [3.8, 4) is 0 Å². The molecule has 0 N–H and O–H groups in total. The lowest BCUT2D eigenvalue weighted by Gasteiger charge is -2.62. The predicted octanol–water partition coefficient (Wildman–Crippen LogP) is 5.71. The summed E-state index contributed by atoms with van der Waals surface area (Å²) in [6.45, 7) is 10.2. The molecule has 10 atom stereocenters. The highest BCUT2D eigenvalue weighted by Crippen LogP contribution is 2.69. The normalized spacial score (nSPS) is 43.2. The summed E-state index contributed by atoms with van der Waals surface area (Å²) < 4.78 is 16.7. The third-order valence-corrected chi connectivity index (χ3v) is 11.1. The predicted molar refractivity (Wildman–Crippen MR) is 132 cm³/mol. The van der Waals surface area contributed by atoms with Crippen molar-refractivity contribution in [3.05, 3.63) is 0 Å². The first kappa shape index (κ1) is 26.5. The number of methoxy groups -OCH3 is 1. The second kappa shape index (κ2) is 10.0. The average Bonchev–Trinajstić information content (AvgIpc) is 3.16. The van der Waals surface area contributed by atoms with Crippen molar-refractivity contribution < 1.29 is 28.6 Å². The zero-order valence-electron chi connectivity index (χ0n) is 22.6. The largest absolute Gasteiger partial charge is 0.469 e. The quantitative estimate of drug-likeness (QED) is 0.351. The van der Waals surface area contributed by atoms with Crippen LogP contribution in [0.1, 0.15) is 98.8 Å². The molecule has 4 fully saturated rings. The van der Waals surface area contributed by atoms with Gasteiger partial charge in [-0.2, -0.15) is 0 Å². The first-order chi connectivity index (χ1) is 16.5. The van der Waals surface area contributed by atoms with Crippen LogP contribution in [0.5, 0.6) is 0 Å². The van der Waals surface area contributed by atoms with E-state index in [1.807, 2.05) is 0 Å². The third-order valence-electron chi connectivity index (χ3n) is 11.1. The van der Waals surface area contributed by atoms with Crippen LogP contribution in [0, 0.1) is 46.3 Å². The maximum Gasteiger partial charge on any atom is 0.305 e. The van der Waals surface area contributed by atoms with Crippen LogP contribution < -0.4 is 0 Å². The molecule has 0 saturated heterocycles. The summed E-state index contributed by atoms with van der Waals surface area (Å²) in [6.07, 6.45) is 9.87. The summed E-state index contributed by atoms with van der Waals surface area (Å²) in [7, 11) is 1.45. The molecule has 198 valence electrons. The monoisotopic (exact) mass is 490 g/mol. The molecule has 0 spiro atoms. The molecule has 6 nitrogen and oxygen atoms in total. The molecular formula is C29H46O6. The van der Waals surface area contributed by atoms with Gasteiger partial charge in [0.05, 0.1) is 7.11 Å². The van der Waals surface area contributed by atoms with Crippen LogP contribution in [0.3, 0.4) is 0 Å². The minimum atomic E-state index is -0.183.